The second-order valence-corrected chi connectivity index (χ2v) is 6.17. The van der Waals surface area contributed by atoms with Gasteiger partial charge in [0.25, 0.3) is 0 Å². The van der Waals surface area contributed by atoms with Gasteiger partial charge in [0.2, 0.25) is 5.91 Å². The number of ether oxygens (including phenoxy) is 2. The first-order chi connectivity index (χ1) is 10.0. The van der Waals surface area contributed by atoms with Crippen molar-refractivity contribution in [3.8, 4) is 5.75 Å². The van der Waals surface area contributed by atoms with Crippen molar-refractivity contribution in [2.24, 2.45) is 5.92 Å². The Morgan fingerprint density at radius 2 is 2.33 bits per heavy atom. The van der Waals surface area contributed by atoms with E-state index in [0.717, 1.165) is 19.4 Å². The number of rotatable bonds is 6. The summed E-state index contributed by atoms with van der Waals surface area (Å²) in [7, 11) is 0. The van der Waals surface area contributed by atoms with E-state index < -0.39 is 0 Å². The van der Waals surface area contributed by atoms with Crippen LogP contribution in [0.4, 0.5) is 5.69 Å². The van der Waals surface area contributed by atoms with Gasteiger partial charge in [-0.25, -0.2) is 0 Å². The summed E-state index contributed by atoms with van der Waals surface area (Å²) in [5.74, 6) is 0.904. The van der Waals surface area contributed by atoms with E-state index in [1.54, 1.807) is 18.2 Å². The van der Waals surface area contributed by atoms with Crippen molar-refractivity contribution in [2.45, 2.75) is 39.2 Å². The van der Waals surface area contributed by atoms with Gasteiger partial charge in [0.1, 0.15) is 12.4 Å². The number of hydrogen-bond donors (Lipinski definition) is 1. The average molecular weight is 312 g/mol. The van der Waals surface area contributed by atoms with Crippen LogP contribution in [0.25, 0.3) is 0 Å². The number of anilines is 1. The lowest BCUT2D eigenvalue weighted by Gasteiger charge is -2.16. The van der Waals surface area contributed by atoms with Crippen LogP contribution in [0.5, 0.6) is 5.75 Å². The molecular formula is C16H22ClNO3. The molecule has 1 aliphatic heterocycles. The maximum atomic E-state index is 11.9. The lowest BCUT2D eigenvalue weighted by molar-refractivity contribution is -0.116. The van der Waals surface area contributed by atoms with E-state index in [-0.39, 0.29) is 12.0 Å². The van der Waals surface area contributed by atoms with Crippen LogP contribution in [0.1, 0.15) is 33.1 Å². The van der Waals surface area contributed by atoms with E-state index in [1.165, 1.54) is 0 Å². The van der Waals surface area contributed by atoms with Crippen molar-refractivity contribution in [1.82, 2.24) is 0 Å². The molecule has 1 atom stereocenters. The Bertz CT molecular complexity index is 484. The standard InChI is InChI=1S/C16H22ClNO3/c1-11(2)8-16(19)18-14-9-12(17)5-6-15(14)21-10-13-4-3-7-20-13/h5-6,9,11,13H,3-4,7-8,10H2,1-2H3,(H,18,19). The van der Waals surface area contributed by atoms with Gasteiger partial charge in [0.15, 0.2) is 0 Å². The van der Waals surface area contributed by atoms with Gasteiger partial charge in [-0.05, 0) is 37.0 Å². The highest BCUT2D eigenvalue weighted by molar-refractivity contribution is 6.31. The van der Waals surface area contributed by atoms with Crippen molar-refractivity contribution >= 4 is 23.2 Å². The zero-order valence-corrected chi connectivity index (χ0v) is 13.3. The molecule has 0 saturated carbocycles. The summed E-state index contributed by atoms with van der Waals surface area (Å²) in [5, 5.41) is 3.44. The van der Waals surface area contributed by atoms with Crippen molar-refractivity contribution in [1.29, 1.82) is 0 Å². The molecule has 1 amide bonds. The maximum Gasteiger partial charge on any atom is 0.224 e. The highest BCUT2D eigenvalue weighted by atomic mass is 35.5. The number of carbonyl (C=O) groups is 1. The van der Waals surface area contributed by atoms with Crippen molar-refractivity contribution in [3.63, 3.8) is 0 Å². The fraction of sp³-hybridized carbons (Fsp3) is 0.562. The van der Waals surface area contributed by atoms with Gasteiger partial charge in [0, 0.05) is 18.1 Å². The second-order valence-electron chi connectivity index (χ2n) is 5.73. The molecule has 1 saturated heterocycles. The van der Waals surface area contributed by atoms with E-state index in [9.17, 15) is 4.79 Å². The zero-order valence-electron chi connectivity index (χ0n) is 12.5. The van der Waals surface area contributed by atoms with E-state index in [2.05, 4.69) is 5.32 Å². The number of hydrogen-bond acceptors (Lipinski definition) is 3. The maximum absolute atomic E-state index is 11.9. The number of carbonyl (C=O) groups excluding carboxylic acids is 1. The van der Waals surface area contributed by atoms with E-state index in [1.807, 2.05) is 13.8 Å². The molecule has 1 heterocycles. The Balaban J connectivity index is 2.00. The molecule has 0 aromatic heterocycles. The molecule has 1 unspecified atom stereocenters. The Morgan fingerprint density at radius 3 is 3.00 bits per heavy atom. The van der Waals surface area contributed by atoms with Crippen LogP contribution < -0.4 is 10.1 Å². The quantitative estimate of drug-likeness (QED) is 0.867. The van der Waals surface area contributed by atoms with Crippen LogP contribution >= 0.6 is 11.6 Å². The van der Waals surface area contributed by atoms with Gasteiger partial charge >= 0.3 is 0 Å². The molecule has 0 bridgehead atoms. The van der Waals surface area contributed by atoms with Crippen LogP contribution in [0.3, 0.4) is 0 Å². The summed E-state index contributed by atoms with van der Waals surface area (Å²) in [6.07, 6.45) is 2.70. The van der Waals surface area contributed by atoms with Crippen LogP contribution in [0, 0.1) is 5.92 Å². The molecule has 1 aromatic carbocycles. The summed E-state index contributed by atoms with van der Waals surface area (Å²) in [6, 6.07) is 5.25. The Labute approximate surface area is 130 Å². The summed E-state index contributed by atoms with van der Waals surface area (Å²) in [5.41, 5.74) is 0.617. The number of nitrogens with one attached hydrogen (secondary N) is 1. The Hall–Kier alpha value is -1.26. The van der Waals surface area contributed by atoms with E-state index >= 15 is 0 Å². The van der Waals surface area contributed by atoms with Crippen LogP contribution in [0.2, 0.25) is 5.02 Å². The van der Waals surface area contributed by atoms with Crippen LogP contribution in [0.15, 0.2) is 18.2 Å². The second kappa shape index (κ2) is 7.66. The fourth-order valence-electron chi connectivity index (χ4n) is 2.26. The largest absolute Gasteiger partial charge is 0.489 e. The zero-order chi connectivity index (χ0) is 15.2. The lowest BCUT2D eigenvalue weighted by Crippen LogP contribution is -2.18. The van der Waals surface area contributed by atoms with Crippen molar-refractivity contribution < 1.29 is 14.3 Å². The molecule has 116 valence electrons. The van der Waals surface area contributed by atoms with Gasteiger partial charge < -0.3 is 14.8 Å². The van der Waals surface area contributed by atoms with Crippen molar-refractivity contribution in [3.05, 3.63) is 23.2 Å². The SMILES string of the molecule is CC(C)CC(=O)Nc1cc(Cl)ccc1OCC1CCCO1. The molecule has 5 heteroatoms. The molecule has 21 heavy (non-hydrogen) atoms. The van der Waals surface area contributed by atoms with E-state index in [0.29, 0.717) is 35.4 Å². The topological polar surface area (TPSA) is 47.6 Å². The predicted octanol–water partition coefficient (Wildman–Crippen LogP) is 3.88. The number of amides is 1. The number of halogens is 1. The highest BCUT2D eigenvalue weighted by Crippen LogP contribution is 2.29. The van der Waals surface area contributed by atoms with Gasteiger partial charge in [-0.15, -0.1) is 0 Å². The number of benzene rings is 1. The minimum absolute atomic E-state index is 0.0331. The molecule has 2 rings (SSSR count). The molecule has 1 N–H and O–H groups in total. The normalized spacial score (nSPS) is 18.0. The fourth-order valence-corrected chi connectivity index (χ4v) is 2.43. The molecule has 4 nitrogen and oxygen atoms in total. The summed E-state index contributed by atoms with van der Waals surface area (Å²) in [6.45, 7) is 5.31. The first kappa shape index (κ1) is 16.1. The molecule has 0 aliphatic carbocycles. The highest BCUT2D eigenvalue weighted by Gasteiger charge is 2.17. The predicted molar refractivity (Wildman–Crippen MR) is 84.0 cm³/mol. The summed E-state index contributed by atoms with van der Waals surface area (Å²) < 4.78 is 11.3. The molecule has 0 spiro atoms. The van der Waals surface area contributed by atoms with E-state index in [4.69, 9.17) is 21.1 Å². The smallest absolute Gasteiger partial charge is 0.224 e. The summed E-state index contributed by atoms with van der Waals surface area (Å²) >= 11 is 6.00. The Kier molecular flexibility index (Phi) is 5.88. The summed E-state index contributed by atoms with van der Waals surface area (Å²) in [4.78, 5) is 11.9. The lowest BCUT2D eigenvalue weighted by atomic mass is 10.1. The third kappa shape index (κ3) is 5.21. The molecular weight excluding hydrogens is 290 g/mol. The third-order valence-electron chi connectivity index (χ3n) is 3.26. The minimum atomic E-state index is -0.0331. The minimum Gasteiger partial charge on any atom is -0.489 e. The first-order valence-corrected chi connectivity index (χ1v) is 7.76. The monoisotopic (exact) mass is 311 g/mol. The van der Waals surface area contributed by atoms with Gasteiger partial charge in [-0.3, -0.25) is 4.79 Å². The van der Waals surface area contributed by atoms with Gasteiger partial charge in [-0.1, -0.05) is 25.4 Å². The average Bonchev–Trinajstić information content (AvgIpc) is 2.90. The first-order valence-electron chi connectivity index (χ1n) is 7.38. The molecule has 0 radical (unpaired) electrons. The van der Waals surface area contributed by atoms with Gasteiger partial charge in [-0.2, -0.15) is 0 Å². The van der Waals surface area contributed by atoms with Gasteiger partial charge in [0.05, 0.1) is 11.8 Å². The molecule has 1 aromatic rings. The van der Waals surface area contributed by atoms with Crippen LogP contribution in [-0.2, 0) is 9.53 Å². The van der Waals surface area contributed by atoms with Crippen LogP contribution in [-0.4, -0.2) is 25.2 Å². The Morgan fingerprint density at radius 1 is 1.52 bits per heavy atom. The third-order valence-corrected chi connectivity index (χ3v) is 3.49. The van der Waals surface area contributed by atoms with Crippen molar-refractivity contribution in [2.75, 3.05) is 18.5 Å². The molecule has 1 fully saturated rings. The molecule has 1 aliphatic rings.